The van der Waals surface area contributed by atoms with Crippen molar-refractivity contribution in [1.82, 2.24) is 10.2 Å². The quantitative estimate of drug-likeness (QED) is 0.657. The lowest BCUT2D eigenvalue weighted by molar-refractivity contribution is -0.121. The van der Waals surface area contributed by atoms with Gasteiger partial charge in [-0.25, -0.2) is 4.79 Å². The summed E-state index contributed by atoms with van der Waals surface area (Å²) >= 11 is 0. The van der Waals surface area contributed by atoms with Crippen LogP contribution in [0.25, 0.3) is 6.08 Å². The number of carbonyl (C=O) groups is 2. The summed E-state index contributed by atoms with van der Waals surface area (Å²) in [6.07, 6.45) is 1.56. The second-order valence-electron chi connectivity index (χ2n) is 3.96. The van der Waals surface area contributed by atoms with Gasteiger partial charge in [-0.05, 0) is 24.3 Å². The van der Waals surface area contributed by atoms with Crippen LogP contribution in [0.3, 0.4) is 0 Å². The van der Waals surface area contributed by atoms with E-state index in [1.54, 1.807) is 31.4 Å². The molecule has 0 radical (unpaired) electrons. The Labute approximate surface area is 110 Å². The van der Waals surface area contributed by atoms with Gasteiger partial charge in [-0.3, -0.25) is 9.69 Å². The third-order valence-electron chi connectivity index (χ3n) is 2.82. The SMILES string of the molecule is COc1ccc(OC)c(/C=C2/NC(=O)N(C)C2=O)c1. The molecule has 100 valence electrons. The van der Waals surface area contributed by atoms with E-state index in [9.17, 15) is 9.59 Å². The smallest absolute Gasteiger partial charge is 0.328 e. The monoisotopic (exact) mass is 262 g/mol. The second-order valence-corrected chi connectivity index (χ2v) is 3.96. The Bertz CT molecular complexity index is 566. The number of likely N-dealkylation sites (N-methyl/N-ethyl adjacent to an activating group) is 1. The summed E-state index contributed by atoms with van der Waals surface area (Å²) in [6.45, 7) is 0. The molecule has 0 spiro atoms. The van der Waals surface area contributed by atoms with E-state index in [0.29, 0.717) is 17.1 Å². The average molecular weight is 262 g/mol. The predicted molar refractivity (Wildman–Crippen MR) is 68.8 cm³/mol. The molecular formula is C13H14N2O4. The van der Waals surface area contributed by atoms with E-state index in [4.69, 9.17) is 9.47 Å². The Hall–Kier alpha value is -2.50. The zero-order valence-electron chi connectivity index (χ0n) is 10.9. The first-order valence-electron chi connectivity index (χ1n) is 5.59. The summed E-state index contributed by atoms with van der Waals surface area (Å²) in [7, 11) is 4.50. The van der Waals surface area contributed by atoms with Gasteiger partial charge < -0.3 is 14.8 Å². The molecular weight excluding hydrogens is 248 g/mol. The number of amides is 3. The van der Waals surface area contributed by atoms with Crippen molar-refractivity contribution in [3.8, 4) is 11.5 Å². The van der Waals surface area contributed by atoms with Gasteiger partial charge in [0.05, 0.1) is 14.2 Å². The molecule has 1 fully saturated rings. The Morgan fingerprint density at radius 1 is 1.21 bits per heavy atom. The highest BCUT2D eigenvalue weighted by atomic mass is 16.5. The Balaban J connectivity index is 2.42. The highest BCUT2D eigenvalue weighted by Crippen LogP contribution is 2.26. The van der Waals surface area contributed by atoms with Gasteiger partial charge in [0.15, 0.2) is 0 Å². The van der Waals surface area contributed by atoms with Crippen LogP contribution in [0.15, 0.2) is 23.9 Å². The van der Waals surface area contributed by atoms with Crippen molar-refractivity contribution in [2.24, 2.45) is 0 Å². The van der Waals surface area contributed by atoms with Crippen LogP contribution in [-0.2, 0) is 4.79 Å². The molecule has 1 aliphatic rings. The molecule has 0 saturated carbocycles. The van der Waals surface area contributed by atoms with Crippen LogP contribution >= 0.6 is 0 Å². The van der Waals surface area contributed by atoms with Crippen molar-refractivity contribution in [3.05, 3.63) is 29.5 Å². The van der Waals surface area contributed by atoms with Crippen molar-refractivity contribution in [3.63, 3.8) is 0 Å². The molecule has 1 saturated heterocycles. The number of benzene rings is 1. The molecule has 0 aliphatic carbocycles. The molecule has 6 heteroatoms. The average Bonchev–Trinajstić information content (AvgIpc) is 2.66. The minimum absolute atomic E-state index is 0.207. The molecule has 0 bridgehead atoms. The summed E-state index contributed by atoms with van der Waals surface area (Å²) in [4.78, 5) is 24.1. The van der Waals surface area contributed by atoms with E-state index in [2.05, 4.69) is 5.32 Å². The number of rotatable bonds is 3. The van der Waals surface area contributed by atoms with Crippen molar-refractivity contribution in [2.45, 2.75) is 0 Å². The third-order valence-corrected chi connectivity index (χ3v) is 2.82. The molecule has 1 aliphatic heterocycles. The molecule has 0 atom stereocenters. The number of nitrogens with zero attached hydrogens (tertiary/aromatic N) is 1. The molecule has 3 amide bonds. The zero-order valence-corrected chi connectivity index (χ0v) is 10.9. The normalized spacial score (nSPS) is 16.8. The van der Waals surface area contributed by atoms with Crippen LogP contribution in [0.2, 0.25) is 0 Å². The molecule has 0 unspecified atom stereocenters. The van der Waals surface area contributed by atoms with Gasteiger partial charge in [0.1, 0.15) is 17.2 Å². The Kier molecular flexibility index (Phi) is 3.41. The standard InChI is InChI=1S/C13H14N2O4/c1-15-12(16)10(14-13(15)17)7-8-6-9(18-2)4-5-11(8)19-3/h4-7H,1-3H3,(H,14,17)/b10-7+. The van der Waals surface area contributed by atoms with Crippen molar-refractivity contribution in [2.75, 3.05) is 21.3 Å². The number of carbonyl (C=O) groups excluding carboxylic acids is 2. The topological polar surface area (TPSA) is 67.9 Å². The largest absolute Gasteiger partial charge is 0.497 e. The molecule has 1 N–H and O–H groups in total. The number of nitrogens with one attached hydrogen (secondary N) is 1. The van der Waals surface area contributed by atoms with E-state index in [1.807, 2.05) is 0 Å². The number of hydrogen-bond donors (Lipinski definition) is 1. The van der Waals surface area contributed by atoms with Gasteiger partial charge in [0.25, 0.3) is 5.91 Å². The third kappa shape index (κ3) is 2.37. The van der Waals surface area contributed by atoms with Crippen molar-refractivity contribution in [1.29, 1.82) is 0 Å². The lowest BCUT2D eigenvalue weighted by Crippen LogP contribution is -2.25. The Morgan fingerprint density at radius 2 is 1.95 bits per heavy atom. The van der Waals surface area contributed by atoms with E-state index in [1.165, 1.54) is 14.2 Å². The molecule has 1 aromatic rings. The number of imide groups is 1. The zero-order chi connectivity index (χ0) is 14.0. The summed E-state index contributed by atoms with van der Waals surface area (Å²) in [5.74, 6) is 0.845. The fraction of sp³-hybridized carbons (Fsp3) is 0.231. The lowest BCUT2D eigenvalue weighted by Gasteiger charge is -2.07. The van der Waals surface area contributed by atoms with Crippen LogP contribution in [0, 0.1) is 0 Å². The highest BCUT2D eigenvalue weighted by molar-refractivity contribution is 6.13. The van der Waals surface area contributed by atoms with E-state index >= 15 is 0 Å². The molecule has 1 heterocycles. The van der Waals surface area contributed by atoms with Crippen molar-refractivity contribution < 1.29 is 19.1 Å². The highest BCUT2D eigenvalue weighted by Gasteiger charge is 2.30. The van der Waals surface area contributed by atoms with E-state index < -0.39 is 6.03 Å². The molecule has 1 aromatic carbocycles. The van der Waals surface area contributed by atoms with Crippen LogP contribution in [0.5, 0.6) is 11.5 Å². The van der Waals surface area contributed by atoms with Crippen LogP contribution in [-0.4, -0.2) is 38.1 Å². The fourth-order valence-electron chi connectivity index (χ4n) is 1.73. The first-order valence-corrected chi connectivity index (χ1v) is 5.59. The van der Waals surface area contributed by atoms with Crippen LogP contribution in [0.1, 0.15) is 5.56 Å². The minimum atomic E-state index is -0.446. The minimum Gasteiger partial charge on any atom is -0.497 e. The molecule has 6 nitrogen and oxygen atoms in total. The fourth-order valence-corrected chi connectivity index (χ4v) is 1.73. The van der Waals surface area contributed by atoms with Gasteiger partial charge in [-0.2, -0.15) is 0 Å². The van der Waals surface area contributed by atoms with E-state index in [0.717, 1.165) is 4.90 Å². The van der Waals surface area contributed by atoms with E-state index in [-0.39, 0.29) is 11.6 Å². The predicted octanol–water partition coefficient (Wildman–Crippen LogP) is 1.23. The Morgan fingerprint density at radius 3 is 2.47 bits per heavy atom. The maximum atomic E-state index is 11.8. The van der Waals surface area contributed by atoms with Crippen LogP contribution in [0.4, 0.5) is 4.79 Å². The first kappa shape index (κ1) is 12.9. The van der Waals surface area contributed by atoms with Gasteiger partial charge in [0, 0.05) is 12.6 Å². The van der Waals surface area contributed by atoms with Gasteiger partial charge in [-0.15, -0.1) is 0 Å². The lowest BCUT2D eigenvalue weighted by atomic mass is 10.1. The molecule has 19 heavy (non-hydrogen) atoms. The van der Waals surface area contributed by atoms with Crippen molar-refractivity contribution >= 4 is 18.0 Å². The summed E-state index contributed by atoms with van der Waals surface area (Å²) < 4.78 is 10.3. The summed E-state index contributed by atoms with van der Waals surface area (Å²) in [5.41, 5.74) is 0.861. The van der Waals surface area contributed by atoms with Gasteiger partial charge >= 0.3 is 6.03 Å². The number of hydrogen-bond acceptors (Lipinski definition) is 4. The summed E-state index contributed by atoms with van der Waals surface area (Å²) in [5, 5.41) is 2.49. The number of ether oxygens (including phenoxy) is 2. The van der Waals surface area contributed by atoms with Crippen LogP contribution < -0.4 is 14.8 Å². The van der Waals surface area contributed by atoms with Gasteiger partial charge in [0.2, 0.25) is 0 Å². The molecule has 2 rings (SSSR count). The van der Waals surface area contributed by atoms with Gasteiger partial charge in [-0.1, -0.05) is 0 Å². The first-order chi connectivity index (χ1) is 9.06. The maximum Gasteiger partial charge on any atom is 0.328 e. The number of methoxy groups -OCH3 is 2. The molecule has 0 aromatic heterocycles. The maximum absolute atomic E-state index is 11.8. The number of urea groups is 1. The second kappa shape index (κ2) is 5.01. The summed E-state index contributed by atoms with van der Waals surface area (Å²) in [6, 6.07) is 4.76.